The molecule has 0 aliphatic carbocycles. The van der Waals surface area contributed by atoms with E-state index in [1.165, 1.54) is 27.9 Å². The van der Waals surface area contributed by atoms with Crippen LogP contribution in [0, 0.1) is 27.7 Å². The molecule has 1 aromatic heterocycles. The van der Waals surface area contributed by atoms with Crippen molar-refractivity contribution in [1.29, 1.82) is 0 Å². The Morgan fingerprint density at radius 2 is 1.81 bits per heavy atom. The molecule has 0 radical (unpaired) electrons. The van der Waals surface area contributed by atoms with Gasteiger partial charge in [-0.2, -0.15) is 4.98 Å². The zero-order valence-corrected chi connectivity index (χ0v) is 17.8. The Labute approximate surface area is 163 Å². The Morgan fingerprint density at radius 1 is 1.15 bits per heavy atom. The second-order valence-corrected chi connectivity index (χ2v) is 7.65. The first-order valence-corrected chi connectivity index (χ1v) is 9.86. The van der Waals surface area contributed by atoms with E-state index in [1.807, 2.05) is 0 Å². The summed E-state index contributed by atoms with van der Waals surface area (Å²) in [5, 5.41) is 0. The first-order chi connectivity index (χ1) is 12.8. The highest BCUT2D eigenvalue weighted by Crippen LogP contribution is 2.34. The van der Waals surface area contributed by atoms with Crippen molar-refractivity contribution in [2.45, 2.75) is 54.1 Å². The van der Waals surface area contributed by atoms with Crippen LogP contribution in [0.2, 0.25) is 0 Å². The Hall–Kier alpha value is -2.14. The third-order valence-corrected chi connectivity index (χ3v) is 5.45. The first kappa shape index (κ1) is 19.6. The molecule has 5 nitrogen and oxygen atoms in total. The molecular weight excluding hydrogens is 336 g/mol. The second kappa shape index (κ2) is 7.85. The number of methoxy groups -OCH3 is 1. The van der Waals surface area contributed by atoms with E-state index in [2.05, 4.69) is 63.5 Å². The monoisotopic (exact) mass is 368 g/mol. The van der Waals surface area contributed by atoms with E-state index < -0.39 is 0 Å². The minimum Gasteiger partial charge on any atom is -0.380 e. The molecule has 1 aliphatic heterocycles. The number of hydrogen-bond acceptors (Lipinski definition) is 5. The van der Waals surface area contributed by atoms with Gasteiger partial charge in [-0.25, -0.2) is 4.98 Å². The molecule has 1 unspecified atom stereocenters. The van der Waals surface area contributed by atoms with Gasteiger partial charge in [0, 0.05) is 43.7 Å². The van der Waals surface area contributed by atoms with E-state index in [0.717, 1.165) is 43.5 Å². The molecule has 0 saturated carbocycles. The Bertz CT molecular complexity index is 810. The molecule has 0 saturated heterocycles. The van der Waals surface area contributed by atoms with Gasteiger partial charge in [0.15, 0.2) is 0 Å². The van der Waals surface area contributed by atoms with Crippen LogP contribution in [0.1, 0.15) is 41.8 Å². The molecule has 1 aromatic carbocycles. The van der Waals surface area contributed by atoms with Crippen molar-refractivity contribution in [2.24, 2.45) is 0 Å². The van der Waals surface area contributed by atoms with Gasteiger partial charge in [0.25, 0.3) is 0 Å². The second-order valence-electron chi connectivity index (χ2n) is 7.65. The van der Waals surface area contributed by atoms with Crippen LogP contribution in [-0.4, -0.2) is 42.8 Å². The maximum atomic E-state index is 5.47. The fraction of sp³-hybridized carbons (Fsp3) is 0.545. The summed E-state index contributed by atoms with van der Waals surface area (Å²) in [4.78, 5) is 14.5. The molecule has 5 heteroatoms. The normalized spacial score (nSPS) is 14.4. The van der Waals surface area contributed by atoms with Crippen molar-refractivity contribution in [3.63, 3.8) is 0 Å². The lowest BCUT2D eigenvalue weighted by Gasteiger charge is -2.27. The molecule has 0 N–H and O–H groups in total. The summed E-state index contributed by atoms with van der Waals surface area (Å²) >= 11 is 0. The van der Waals surface area contributed by atoms with Crippen LogP contribution < -0.4 is 9.80 Å². The van der Waals surface area contributed by atoms with Gasteiger partial charge in [0.1, 0.15) is 5.82 Å². The molecule has 0 spiro atoms. The summed E-state index contributed by atoms with van der Waals surface area (Å²) in [7, 11) is 1.76. The van der Waals surface area contributed by atoms with Crippen molar-refractivity contribution in [2.75, 3.05) is 36.5 Å². The molecule has 146 valence electrons. The van der Waals surface area contributed by atoms with Crippen LogP contribution in [-0.2, 0) is 11.2 Å². The lowest BCUT2D eigenvalue weighted by atomic mass is 10.0. The maximum absolute atomic E-state index is 5.47. The van der Waals surface area contributed by atoms with E-state index >= 15 is 0 Å². The lowest BCUT2D eigenvalue weighted by Crippen LogP contribution is -2.31. The average molecular weight is 369 g/mol. The van der Waals surface area contributed by atoms with Crippen LogP contribution in [0.5, 0.6) is 0 Å². The van der Waals surface area contributed by atoms with Crippen molar-refractivity contribution < 1.29 is 4.74 Å². The Kier molecular flexibility index (Phi) is 5.70. The number of aromatic nitrogens is 2. The molecule has 1 aliphatic rings. The third kappa shape index (κ3) is 3.79. The van der Waals surface area contributed by atoms with E-state index in [9.17, 15) is 0 Å². The van der Waals surface area contributed by atoms with Gasteiger partial charge in [0.2, 0.25) is 5.95 Å². The molecule has 27 heavy (non-hydrogen) atoms. The number of hydrogen-bond donors (Lipinski definition) is 0. The van der Waals surface area contributed by atoms with E-state index in [1.54, 1.807) is 7.11 Å². The zero-order chi connectivity index (χ0) is 19.7. The molecule has 0 bridgehead atoms. The van der Waals surface area contributed by atoms with Crippen molar-refractivity contribution >= 4 is 17.5 Å². The topological polar surface area (TPSA) is 41.5 Å². The van der Waals surface area contributed by atoms with Crippen LogP contribution >= 0.6 is 0 Å². The lowest BCUT2D eigenvalue weighted by molar-refractivity contribution is 0.123. The predicted octanol–water partition coefficient (Wildman–Crippen LogP) is 4.27. The standard InChI is InChI=1S/C22H32N4O/c1-8-26(20-15(3)11-14(2)12-16(20)4)22-23-18(6)19-9-10-25(21(19)24-22)13-17(5)27-7/h11-12,17H,8-10,13H2,1-7H3. The van der Waals surface area contributed by atoms with Crippen molar-refractivity contribution in [3.05, 3.63) is 40.1 Å². The van der Waals surface area contributed by atoms with Crippen LogP contribution in [0.25, 0.3) is 0 Å². The van der Waals surface area contributed by atoms with Crippen LogP contribution in [0.4, 0.5) is 17.5 Å². The predicted molar refractivity (Wildman–Crippen MR) is 112 cm³/mol. The summed E-state index contributed by atoms with van der Waals surface area (Å²) in [5.41, 5.74) is 7.40. The minimum atomic E-state index is 0.179. The van der Waals surface area contributed by atoms with Gasteiger partial charge < -0.3 is 14.5 Å². The highest BCUT2D eigenvalue weighted by molar-refractivity contribution is 5.68. The maximum Gasteiger partial charge on any atom is 0.232 e. The molecule has 0 fully saturated rings. The number of fused-ring (bicyclic) bond motifs is 1. The van der Waals surface area contributed by atoms with E-state index in [0.29, 0.717) is 0 Å². The summed E-state index contributed by atoms with van der Waals surface area (Å²) in [6, 6.07) is 4.47. The fourth-order valence-electron chi connectivity index (χ4n) is 4.15. The number of anilines is 3. The largest absolute Gasteiger partial charge is 0.380 e. The minimum absolute atomic E-state index is 0.179. The number of benzene rings is 1. The van der Waals surface area contributed by atoms with Crippen LogP contribution in [0.15, 0.2) is 12.1 Å². The average Bonchev–Trinajstić information content (AvgIpc) is 3.01. The van der Waals surface area contributed by atoms with E-state index in [4.69, 9.17) is 14.7 Å². The molecule has 0 amide bonds. The quantitative estimate of drug-likeness (QED) is 0.762. The van der Waals surface area contributed by atoms with Crippen molar-refractivity contribution in [3.8, 4) is 0 Å². The molecule has 3 rings (SSSR count). The SMILES string of the molecule is CCN(c1nc(C)c2c(n1)N(CC(C)OC)CC2)c1c(C)cc(C)cc1C. The summed E-state index contributed by atoms with van der Waals surface area (Å²) in [6.45, 7) is 15.5. The van der Waals surface area contributed by atoms with Gasteiger partial charge in [-0.1, -0.05) is 17.7 Å². The highest BCUT2D eigenvalue weighted by Gasteiger charge is 2.27. The summed E-state index contributed by atoms with van der Waals surface area (Å²) < 4.78 is 5.47. The van der Waals surface area contributed by atoms with E-state index in [-0.39, 0.29) is 6.10 Å². The zero-order valence-electron chi connectivity index (χ0n) is 17.8. The van der Waals surface area contributed by atoms with Gasteiger partial charge >= 0.3 is 0 Å². The van der Waals surface area contributed by atoms with Crippen LogP contribution in [0.3, 0.4) is 0 Å². The molecule has 2 aromatic rings. The van der Waals surface area contributed by atoms with Gasteiger partial charge in [-0.05, 0) is 59.1 Å². The smallest absolute Gasteiger partial charge is 0.232 e. The van der Waals surface area contributed by atoms with Gasteiger partial charge in [-0.15, -0.1) is 0 Å². The molecule has 2 heterocycles. The Balaban J connectivity index is 2.04. The summed E-state index contributed by atoms with van der Waals surface area (Å²) in [5.74, 6) is 1.86. The number of rotatable bonds is 6. The fourth-order valence-corrected chi connectivity index (χ4v) is 4.15. The number of nitrogens with zero attached hydrogens (tertiary/aromatic N) is 4. The molecular formula is C22H32N4O. The summed E-state index contributed by atoms with van der Waals surface area (Å²) in [6.07, 6.45) is 1.19. The number of ether oxygens (including phenoxy) is 1. The van der Waals surface area contributed by atoms with Gasteiger partial charge in [-0.3, -0.25) is 0 Å². The van der Waals surface area contributed by atoms with Gasteiger partial charge in [0.05, 0.1) is 6.10 Å². The third-order valence-electron chi connectivity index (χ3n) is 5.45. The first-order valence-electron chi connectivity index (χ1n) is 9.86. The van der Waals surface area contributed by atoms with Crippen molar-refractivity contribution in [1.82, 2.24) is 9.97 Å². The highest BCUT2D eigenvalue weighted by atomic mass is 16.5. The Morgan fingerprint density at radius 3 is 2.41 bits per heavy atom. The number of aryl methyl sites for hydroxylation is 4. The molecule has 1 atom stereocenters.